The van der Waals surface area contributed by atoms with E-state index < -0.39 is 0 Å². The quantitative estimate of drug-likeness (QED) is 0.263. The van der Waals surface area contributed by atoms with Gasteiger partial charge in [-0.2, -0.15) is 0 Å². The fraction of sp³-hybridized carbons (Fsp3) is 0.611. The summed E-state index contributed by atoms with van der Waals surface area (Å²) in [6.45, 7) is 6.40. The van der Waals surface area contributed by atoms with Crippen LogP contribution in [0.5, 0.6) is 0 Å². The van der Waals surface area contributed by atoms with E-state index in [1.807, 2.05) is 6.08 Å². The number of hydrogen-bond acceptors (Lipinski definition) is 2. The van der Waals surface area contributed by atoms with Crippen LogP contribution in [0.15, 0.2) is 65.7 Å². The molecule has 0 aromatic heterocycles. The Bertz CT molecular complexity index is 1070. The number of allylic oxidation sites excluding steroid dienone is 5. The van der Waals surface area contributed by atoms with Gasteiger partial charge in [-0.25, -0.2) is 4.39 Å². The largest absolute Gasteiger partial charge is 0.374 e. The Morgan fingerprint density at radius 1 is 0.974 bits per heavy atom. The molecule has 0 N–H and O–H groups in total. The molecule has 1 aromatic carbocycles. The van der Waals surface area contributed by atoms with Gasteiger partial charge in [0.2, 0.25) is 0 Å². The summed E-state index contributed by atoms with van der Waals surface area (Å²) in [4.78, 5) is 2.55. The fourth-order valence-electron chi connectivity index (χ4n) is 7.37. The van der Waals surface area contributed by atoms with E-state index in [-0.39, 0.29) is 11.9 Å². The van der Waals surface area contributed by atoms with Crippen LogP contribution in [0.25, 0.3) is 0 Å². The Hall–Kier alpha value is -2.13. The van der Waals surface area contributed by atoms with E-state index >= 15 is 0 Å². The van der Waals surface area contributed by atoms with Crippen LogP contribution >= 0.6 is 0 Å². The lowest BCUT2D eigenvalue weighted by Crippen LogP contribution is -2.35. The number of ether oxygens (including phenoxy) is 1. The molecule has 2 nitrogen and oxygen atoms in total. The van der Waals surface area contributed by atoms with Crippen molar-refractivity contribution in [1.29, 1.82) is 0 Å². The molecule has 1 aliphatic heterocycles. The molecule has 1 fully saturated rings. The number of hydrogen-bond donors (Lipinski definition) is 0. The summed E-state index contributed by atoms with van der Waals surface area (Å²) >= 11 is 0. The van der Waals surface area contributed by atoms with Crippen molar-refractivity contribution in [3.63, 3.8) is 0 Å². The molecule has 1 saturated carbocycles. The molecule has 0 bridgehead atoms. The van der Waals surface area contributed by atoms with Crippen LogP contribution in [0.4, 0.5) is 4.39 Å². The van der Waals surface area contributed by atoms with Gasteiger partial charge in [-0.1, -0.05) is 100 Å². The second-order valence-corrected chi connectivity index (χ2v) is 12.6. The third-order valence-corrected chi connectivity index (χ3v) is 9.67. The molecule has 0 spiro atoms. The first kappa shape index (κ1) is 28.4. The molecule has 0 radical (unpaired) electrons. The lowest BCUT2D eigenvalue weighted by atomic mass is 9.78. The second-order valence-electron chi connectivity index (χ2n) is 12.6. The van der Waals surface area contributed by atoms with Crippen LogP contribution < -0.4 is 0 Å². The average Bonchev–Trinajstić information content (AvgIpc) is 2.95. The van der Waals surface area contributed by atoms with Gasteiger partial charge in [-0.05, 0) is 79.7 Å². The smallest absolute Gasteiger partial charge is 0.100 e. The number of aryl methyl sites for hydroxylation is 1. The molecular weight excluding hydrogens is 481 g/mol. The topological polar surface area (TPSA) is 12.5 Å². The number of unbranched alkanes of at least 4 members (excludes halogenated alkanes) is 1. The molecule has 4 aliphatic rings. The van der Waals surface area contributed by atoms with Gasteiger partial charge in [0.1, 0.15) is 5.83 Å². The van der Waals surface area contributed by atoms with E-state index in [0.717, 1.165) is 50.7 Å². The SMILES string of the molecule is CCCC1CCC(CCCCOC2C=CC(CC3c4ccc(C)cc4CCN3C3=CC=C(F)CC3)=CC2)CC1. The highest BCUT2D eigenvalue weighted by molar-refractivity contribution is 5.39. The zero-order chi connectivity index (χ0) is 27.0. The van der Waals surface area contributed by atoms with Crippen molar-refractivity contribution in [2.24, 2.45) is 11.8 Å². The summed E-state index contributed by atoms with van der Waals surface area (Å²) in [5.41, 5.74) is 6.93. The molecule has 1 heterocycles. The van der Waals surface area contributed by atoms with Gasteiger partial charge in [0.05, 0.1) is 12.1 Å². The molecule has 3 aliphatic carbocycles. The van der Waals surface area contributed by atoms with Gasteiger partial charge in [-0.3, -0.25) is 0 Å². The van der Waals surface area contributed by atoms with E-state index in [1.165, 1.54) is 85.7 Å². The molecule has 3 heteroatoms. The first-order chi connectivity index (χ1) is 19.1. The van der Waals surface area contributed by atoms with Crippen LogP contribution in [0.1, 0.15) is 113 Å². The Balaban J connectivity index is 1.09. The molecule has 0 saturated heterocycles. The number of nitrogens with zero attached hydrogens (tertiary/aromatic N) is 1. The molecule has 2 unspecified atom stereocenters. The predicted molar refractivity (Wildman–Crippen MR) is 161 cm³/mol. The number of halogens is 1. The van der Waals surface area contributed by atoms with Crippen LogP contribution in [-0.4, -0.2) is 24.2 Å². The first-order valence-corrected chi connectivity index (χ1v) is 16.0. The molecule has 212 valence electrons. The lowest BCUT2D eigenvalue weighted by molar-refractivity contribution is 0.0814. The Morgan fingerprint density at radius 2 is 1.79 bits per heavy atom. The highest BCUT2D eigenvalue weighted by atomic mass is 19.1. The van der Waals surface area contributed by atoms with Crippen molar-refractivity contribution in [3.05, 3.63) is 82.4 Å². The standard InChI is InChI=1S/C36H50FNO/c1-3-6-28-9-11-29(12-10-28)7-4-5-24-39-34-19-13-30(14-20-34)26-36-35-21-8-27(2)25-31(35)22-23-38(36)33-17-15-32(37)16-18-33/h8,13-15,17,19,21,25,28-29,34,36H,3-7,9-12,16,18,20,22-24,26H2,1-2H3. The van der Waals surface area contributed by atoms with Crippen LogP contribution in [0.2, 0.25) is 0 Å². The summed E-state index contributed by atoms with van der Waals surface area (Å²) in [6, 6.07) is 7.25. The summed E-state index contributed by atoms with van der Waals surface area (Å²) < 4.78 is 20.0. The van der Waals surface area contributed by atoms with Gasteiger partial charge >= 0.3 is 0 Å². The zero-order valence-corrected chi connectivity index (χ0v) is 24.5. The van der Waals surface area contributed by atoms with E-state index in [2.05, 4.69) is 55.2 Å². The van der Waals surface area contributed by atoms with E-state index in [9.17, 15) is 4.39 Å². The lowest BCUT2D eigenvalue weighted by Gasteiger charge is -2.41. The average molecular weight is 532 g/mol. The van der Waals surface area contributed by atoms with E-state index in [1.54, 1.807) is 6.08 Å². The minimum atomic E-state index is 0.00170. The molecular formula is C36H50FNO. The zero-order valence-electron chi connectivity index (χ0n) is 24.5. The van der Waals surface area contributed by atoms with Crippen molar-refractivity contribution < 1.29 is 9.13 Å². The van der Waals surface area contributed by atoms with Gasteiger partial charge in [0, 0.05) is 25.3 Å². The highest BCUT2D eigenvalue weighted by Crippen LogP contribution is 2.40. The number of rotatable bonds is 11. The van der Waals surface area contributed by atoms with Gasteiger partial charge in [0.15, 0.2) is 0 Å². The maximum atomic E-state index is 13.7. The van der Waals surface area contributed by atoms with E-state index in [0.29, 0.717) is 12.5 Å². The summed E-state index contributed by atoms with van der Waals surface area (Å²) in [7, 11) is 0. The van der Waals surface area contributed by atoms with Crippen LogP contribution in [-0.2, 0) is 11.2 Å². The van der Waals surface area contributed by atoms with Crippen molar-refractivity contribution in [2.75, 3.05) is 13.2 Å². The Morgan fingerprint density at radius 3 is 2.51 bits per heavy atom. The van der Waals surface area contributed by atoms with E-state index in [4.69, 9.17) is 4.74 Å². The van der Waals surface area contributed by atoms with Crippen molar-refractivity contribution in [3.8, 4) is 0 Å². The Kier molecular flexibility index (Phi) is 10.2. The molecule has 5 rings (SSSR count). The molecule has 0 amide bonds. The maximum absolute atomic E-state index is 13.7. The Labute approximate surface area is 237 Å². The van der Waals surface area contributed by atoms with Gasteiger partial charge in [0.25, 0.3) is 0 Å². The van der Waals surface area contributed by atoms with Crippen molar-refractivity contribution in [1.82, 2.24) is 4.90 Å². The normalized spacial score (nSPS) is 27.1. The van der Waals surface area contributed by atoms with Crippen LogP contribution in [0.3, 0.4) is 0 Å². The number of fused-ring (bicyclic) bond motifs is 1. The second kappa shape index (κ2) is 14.0. The monoisotopic (exact) mass is 531 g/mol. The highest BCUT2D eigenvalue weighted by Gasteiger charge is 2.30. The number of benzene rings is 1. The fourth-order valence-corrected chi connectivity index (χ4v) is 7.37. The molecule has 39 heavy (non-hydrogen) atoms. The van der Waals surface area contributed by atoms with Crippen molar-refractivity contribution >= 4 is 0 Å². The first-order valence-electron chi connectivity index (χ1n) is 16.0. The van der Waals surface area contributed by atoms with Gasteiger partial charge < -0.3 is 9.64 Å². The molecule has 2 atom stereocenters. The maximum Gasteiger partial charge on any atom is 0.100 e. The minimum absolute atomic E-state index is 0.00170. The minimum Gasteiger partial charge on any atom is -0.374 e. The summed E-state index contributed by atoms with van der Waals surface area (Å²) in [6.07, 6.45) is 27.7. The van der Waals surface area contributed by atoms with Gasteiger partial charge in [-0.15, -0.1) is 0 Å². The van der Waals surface area contributed by atoms with Crippen LogP contribution in [0, 0.1) is 18.8 Å². The third-order valence-electron chi connectivity index (χ3n) is 9.67. The van der Waals surface area contributed by atoms with Crippen molar-refractivity contribution in [2.45, 2.75) is 116 Å². The summed E-state index contributed by atoms with van der Waals surface area (Å²) in [5, 5.41) is 0. The third kappa shape index (κ3) is 7.75. The predicted octanol–water partition coefficient (Wildman–Crippen LogP) is 9.86. The summed E-state index contributed by atoms with van der Waals surface area (Å²) in [5.74, 6) is 1.98. The molecule has 1 aromatic rings.